The fourth-order valence-electron chi connectivity index (χ4n) is 0.309. The van der Waals surface area contributed by atoms with Crippen molar-refractivity contribution in [3.8, 4) is 0 Å². The lowest BCUT2D eigenvalue weighted by Gasteiger charge is -1.88. The van der Waals surface area contributed by atoms with E-state index in [1.165, 1.54) is 0 Å². The Hall–Kier alpha value is -0.760. The van der Waals surface area contributed by atoms with Gasteiger partial charge in [0.2, 0.25) is 0 Å². The second-order valence-corrected chi connectivity index (χ2v) is 1.55. The molecule has 1 aromatic rings. The third-order valence-electron chi connectivity index (χ3n) is 0.580. The van der Waals surface area contributed by atoms with Crippen molar-refractivity contribution in [3.63, 3.8) is 0 Å². The highest BCUT2D eigenvalue weighted by molar-refractivity contribution is 6.30. The maximum absolute atomic E-state index is 7.16. The molecule has 0 amide bonds. The van der Waals surface area contributed by atoms with E-state index in [0.717, 1.165) is 0 Å². The fraction of sp³-hybridized carbons (Fsp3) is 0. The Kier molecular flexibility index (Phi) is 0.674. The van der Waals surface area contributed by atoms with Crippen LogP contribution >= 0.6 is 11.6 Å². The van der Waals surface area contributed by atoms with Gasteiger partial charge < -0.3 is 5.73 Å². The molecule has 0 fully saturated rings. The molecule has 0 radical (unpaired) electrons. The number of pyridine rings is 1. The lowest BCUT2D eigenvalue weighted by Crippen LogP contribution is -1.86. The predicted octanol–water partition coefficient (Wildman–Crippen LogP) is 1.32. The van der Waals surface area contributed by atoms with E-state index in [0.29, 0.717) is 0 Å². The summed E-state index contributed by atoms with van der Waals surface area (Å²) in [4.78, 5) is 3.42. The van der Waals surface area contributed by atoms with Crippen LogP contribution in [0, 0.1) is 0 Å². The third kappa shape index (κ3) is 1.10. The molecule has 0 bridgehead atoms. The normalized spacial score (nSPS) is 14.4. The van der Waals surface area contributed by atoms with Gasteiger partial charge in [-0.3, -0.25) is 0 Å². The van der Waals surface area contributed by atoms with Crippen LogP contribution in [0.15, 0.2) is 18.3 Å². The molecule has 2 nitrogen and oxygen atoms in total. The van der Waals surface area contributed by atoms with Crippen molar-refractivity contribution in [2.45, 2.75) is 0 Å². The van der Waals surface area contributed by atoms with E-state index in [1.54, 1.807) is 0 Å². The van der Waals surface area contributed by atoms with Crippen LogP contribution in [-0.4, -0.2) is 4.98 Å². The van der Waals surface area contributed by atoms with Gasteiger partial charge in [0, 0.05) is 11.2 Å². The summed E-state index contributed by atoms with van der Waals surface area (Å²) in [5.74, 6) is -0.115. The van der Waals surface area contributed by atoms with Crippen molar-refractivity contribution in [3.05, 3.63) is 23.3 Å². The molecule has 0 aliphatic carbocycles. The molecule has 0 aromatic carbocycles. The molecule has 2 N–H and O–H groups in total. The molecule has 3 heteroatoms. The van der Waals surface area contributed by atoms with Gasteiger partial charge in [-0.1, -0.05) is 11.6 Å². The Morgan fingerprint density at radius 1 is 1.88 bits per heavy atom. The predicted molar refractivity (Wildman–Crippen MR) is 33.7 cm³/mol. The minimum Gasteiger partial charge on any atom is -0.384 e. The van der Waals surface area contributed by atoms with Crippen molar-refractivity contribution in [2.24, 2.45) is 0 Å². The first-order valence-electron chi connectivity index (χ1n) is 3.42. The molecule has 8 heavy (non-hydrogen) atoms. The van der Waals surface area contributed by atoms with Crippen LogP contribution in [0.25, 0.3) is 0 Å². The highest BCUT2D eigenvalue weighted by Gasteiger charge is 1.84. The van der Waals surface area contributed by atoms with Gasteiger partial charge in [-0.05, 0) is 12.1 Å². The van der Waals surface area contributed by atoms with Gasteiger partial charge in [0.25, 0.3) is 0 Å². The molecule has 1 rings (SSSR count). The first kappa shape index (κ1) is 2.69. The summed E-state index contributed by atoms with van der Waals surface area (Å²) in [6, 6.07) is -0.446. The lowest BCUT2D eigenvalue weighted by molar-refractivity contribution is 1.34. The zero-order chi connectivity index (χ0) is 8.59. The second kappa shape index (κ2) is 2.01. The number of nitrogens with two attached hydrogens (primary N) is 1. The first-order valence-corrected chi connectivity index (χ1v) is 2.30. The van der Waals surface area contributed by atoms with Crippen LogP contribution < -0.4 is 5.73 Å². The largest absolute Gasteiger partial charge is 0.384 e. The van der Waals surface area contributed by atoms with E-state index in [2.05, 4.69) is 4.98 Å². The summed E-state index contributed by atoms with van der Waals surface area (Å²) in [7, 11) is 0. The maximum atomic E-state index is 7.16. The van der Waals surface area contributed by atoms with E-state index in [1.807, 2.05) is 0 Å². The Labute approximate surface area is 56.5 Å². The lowest BCUT2D eigenvalue weighted by atomic mass is 10.5. The van der Waals surface area contributed by atoms with Crippen LogP contribution in [0.2, 0.25) is 5.02 Å². The second-order valence-electron chi connectivity index (χ2n) is 1.17. The minimum atomic E-state index is -0.302. The summed E-state index contributed by atoms with van der Waals surface area (Å²) < 4.78 is 21.3. The highest BCUT2D eigenvalue weighted by atomic mass is 35.5. The summed E-state index contributed by atoms with van der Waals surface area (Å²) in [6.07, 6.45) is -0.302. The minimum absolute atomic E-state index is 0.115. The average Bonchev–Trinajstić information content (AvgIpc) is 1.97. The van der Waals surface area contributed by atoms with Gasteiger partial charge >= 0.3 is 0 Å². The molecule has 1 aromatic heterocycles. The molecule has 0 atom stereocenters. The summed E-state index contributed by atoms with van der Waals surface area (Å²) in [5, 5.41) is -0.123. The van der Waals surface area contributed by atoms with E-state index < -0.39 is 0 Å². The van der Waals surface area contributed by atoms with Crippen molar-refractivity contribution < 1.29 is 4.11 Å². The van der Waals surface area contributed by atoms with Gasteiger partial charge in [0.05, 0.1) is 4.11 Å². The zero-order valence-electron chi connectivity index (χ0n) is 6.90. The molecule has 0 spiro atoms. The zero-order valence-corrected chi connectivity index (χ0v) is 4.66. The Balaban J connectivity index is 3.46. The Bertz CT molecular complexity index is 276. The number of nitrogen functional groups attached to an aromatic ring is 1. The fourth-order valence-corrected chi connectivity index (χ4v) is 0.448. The molecule has 1 heterocycles. The topological polar surface area (TPSA) is 38.9 Å². The van der Waals surface area contributed by atoms with Gasteiger partial charge in [0.15, 0.2) is 0 Å². The Morgan fingerprint density at radius 3 is 3.38 bits per heavy atom. The monoisotopic (exact) mass is 131 g/mol. The number of anilines is 1. The molecule has 0 aliphatic rings. The van der Waals surface area contributed by atoms with Crippen LogP contribution in [0.4, 0.5) is 5.82 Å². The van der Waals surface area contributed by atoms with E-state index in [4.69, 9.17) is 21.4 Å². The van der Waals surface area contributed by atoms with Crippen molar-refractivity contribution >= 4 is 17.4 Å². The quantitative estimate of drug-likeness (QED) is 0.577. The van der Waals surface area contributed by atoms with Gasteiger partial charge in [-0.15, -0.1) is 0 Å². The van der Waals surface area contributed by atoms with E-state index in [9.17, 15) is 0 Å². The van der Waals surface area contributed by atoms with E-state index in [-0.39, 0.29) is 29.1 Å². The average molecular weight is 132 g/mol. The number of hydrogen-bond acceptors (Lipinski definition) is 2. The molecule has 0 unspecified atom stereocenters. The van der Waals surface area contributed by atoms with Crippen LogP contribution in [-0.2, 0) is 0 Å². The molecule has 0 saturated heterocycles. The van der Waals surface area contributed by atoms with Crippen LogP contribution in [0.3, 0.4) is 0 Å². The number of rotatable bonds is 0. The van der Waals surface area contributed by atoms with Crippen molar-refractivity contribution in [1.29, 1.82) is 0 Å². The standard InChI is InChI=1S/C5H5ClN2/c6-4-1-2-8-5(7)3-4/h1-3H,(H2,7,8)/i1D,2D,3D. The highest BCUT2D eigenvalue weighted by Crippen LogP contribution is 2.07. The van der Waals surface area contributed by atoms with Crippen molar-refractivity contribution in [1.82, 2.24) is 4.98 Å². The molecular weight excluding hydrogens is 124 g/mol. The SMILES string of the molecule is [2H]c1nc(N)c([2H])c(Cl)c1[2H]. The molecule has 42 valence electrons. The third-order valence-corrected chi connectivity index (χ3v) is 0.769. The molecule has 0 aliphatic heterocycles. The van der Waals surface area contributed by atoms with Gasteiger partial charge in [-0.25, -0.2) is 4.98 Å². The summed E-state index contributed by atoms with van der Waals surface area (Å²) in [5.41, 5.74) is 5.20. The number of nitrogens with zero attached hydrogens (tertiary/aromatic N) is 1. The number of halogens is 1. The Morgan fingerprint density at radius 2 is 2.62 bits per heavy atom. The number of hydrogen-bond donors (Lipinski definition) is 1. The summed E-state index contributed by atoms with van der Waals surface area (Å²) >= 11 is 5.47. The number of aromatic nitrogens is 1. The van der Waals surface area contributed by atoms with Crippen molar-refractivity contribution in [2.75, 3.05) is 5.73 Å². The van der Waals surface area contributed by atoms with E-state index >= 15 is 0 Å². The molecular formula is C5H5ClN2. The first-order chi connectivity index (χ1) is 5.04. The van der Waals surface area contributed by atoms with Crippen LogP contribution in [0.5, 0.6) is 0 Å². The smallest absolute Gasteiger partial charge is 0.124 e. The van der Waals surface area contributed by atoms with Gasteiger partial charge in [0.1, 0.15) is 5.82 Å². The maximum Gasteiger partial charge on any atom is 0.124 e. The van der Waals surface area contributed by atoms with Gasteiger partial charge in [-0.2, -0.15) is 0 Å². The summed E-state index contributed by atoms with van der Waals surface area (Å²) in [6.45, 7) is 0. The van der Waals surface area contributed by atoms with Crippen LogP contribution in [0.1, 0.15) is 4.11 Å². The molecule has 0 saturated carbocycles.